The van der Waals surface area contributed by atoms with Crippen LogP contribution in [-0.2, 0) is 4.65 Å². The van der Waals surface area contributed by atoms with E-state index in [1.54, 1.807) is 5.38 Å². The molecule has 0 saturated heterocycles. The van der Waals surface area contributed by atoms with E-state index in [-0.39, 0.29) is 11.3 Å². The van der Waals surface area contributed by atoms with Crippen LogP contribution in [-0.4, -0.2) is 22.6 Å². The summed E-state index contributed by atoms with van der Waals surface area (Å²) in [5.41, 5.74) is 1.27. The fourth-order valence-electron chi connectivity index (χ4n) is 1.38. The Kier molecular flexibility index (Phi) is 3.74. The Morgan fingerprint density at radius 3 is 2.72 bits per heavy atom. The average Bonchev–Trinajstić information content (AvgIpc) is 2.95. The molecule has 0 fully saturated rings. The maximum absolute atomic E-state index is 9.26. The predicted molar refractivity (Wildman–Crippen MR) is 70.8 cm³/mol. The van der Waals surface area contributed by atoms with Crippen molar-refractivity contribution in [2.75, 3.05) is 0 Å². The number of allylic oxidation sites excluding steroid dienone is 1. The molecule has 2 rings (SSSR count). The van der Waals surface area contributed by atoms with E-state index in [1.165, 1.54) is 22.9 Å². The van der Waals surface area contributed by atoms with Crippen molar-refractivity contribution in [2.45, 2.75) is 13.8 Å². The van der Waals surface area contributed by atoms with E-state index in [9.17, 15) is 5.26 Å². The molecule has 18 heavy (non-hydrogen) atoms. The molecule has 5 nitrogen and oxygen atoms in total. The van der Waals surface area contributed by atoms with E-state index < -0.39 is 0 Å². The maximum atomic E-state index is 9.26. The summed E-state index contributed by atoms with van der Waals surface area (Å²) in [5, 5.41) is 15.8. The highest BCUT2D eigenvalue weighted by atomic mass is 32.1. The number of thiazole rings is 1. The van der Waals surface area contributed by atoms with Gasteiger partial charge in [0, 0.05) is 5.38 Å². The topological polar surface area (TPSA) is 71.7 Å². The summed E-state index contributed by atoms with van der Waals surface area (Å²) in [6, 6.07) is 2.05. The quantitative estimate of drug-likeness (QED) is 0.487. The highest BCUT2D eigenvalue weighted by molar-refractivity contribution is 7.09. The summed E-state index contributed by atoms with van der Waals surface area (Å²) in [5.74, 6) is 0.203. The first kappa shape index (κ1) is 12.7. The van der Waals surface area contributed by atoms with Crippen LogP contribution in [0.1, 0.15) is 21.3 Å². The van der Waals surface area contributed by atoms with Gasteiger partial charge in [-0.2, -0.15) is 5.26 Å². The van der Waals surface area contributed by atoms with E-state index in [0.717, 1.165) is 9.88 Å². The lowest BCUT2D eigenvalue weighted by molar-refractivity contribution is 0.569. The van der Waals surface area contributed by atoms with E-state index in [4.69, 9.17) is 12.7 Å². The lowest BCUT2D eigenvalue weighted by Crippen LogP contribution is -1.97. The number of rotatable bonds is 3. The van der Waals surface area contributed by atoms with Crippen molar-refractivity contribution in [3.63, 3.8) is 0 Å². The summed E-state index contributed by atoms with van der Waals surface area (Å²) in [4.78, 5) is 5.08. The van der Waals surface area contributed by atoms with Gasteiger partial charge < -0.3 is 4.65 Å². The number of hydrogen-bond donors (Lipinski definition) is 0. The first-order valence-electron chi connectivity index (χ1n) is 4.90. The highest BCUT2D eigenvalue weighted by Crippen LogP contribution is 2.28. The molecular weight excluding hydrogens is 267 g/mol. The second-order valence-corrected chi connectivity index (χ2v) is 5.38. The molecule has 0 bridgehead atoms. The van der Waals surface area contributed by atoms with Gasteiger partial charge in [0.1, 0.15) is 23.1 Å². The molecular formula is C10H7BN4OS2. The Morgan fingerprint density at radius 1 is 1.50 bits per heavy atom. The molecule has 2 aromatic heterocycles. The van der Waals surface area contributed by atoms with Crippen molar-refractivity contribution >= 4 is 42.3 Å². The number of hydrogen-bond acceptors (Lipinski definition) is 7. The molecule has 2 heterocycles. The molecule has 0 atom stereocenters. The molecule has 0 unspecified atom stereocenters. The summed E-state index contributed by atoms with van der Waals surface area (Å²) < 4.78 is 8.62. The summed E-state index contributed by atoms with van der Waals surface area (Å²) in [6.07, 6.45) is 0. The first-order valence-corrected chi connectivity index (χ1v) is 6.55. The van der Waals surface area contributed by atoms with Crippen LogP contribution in [0.3, 0.4) is 0 Å². The number of aryl methyl sites for hydroxylation is 2. The molecule has 0 N–H and O–H groups in total. The molecule has 0 aliphatic carbocycles. The highest BCUT2D eigenvalue weighted by Gasteiger charge is 2.18. The smallest absolute Gasteiger partial charge is 0.374 e. The second-order valence-electron chi connectivity index (χ2n) is 3.36. The molecule has 0 aromatic carbocycles. The summed E-state index contributed by atoms with van der Waals surface area (Å²) in [7, 11) is 5.26. The van der Waals surface area contributed by atoms with Gasteiger partial charge in [-0.25, -0.2) is 4.98 Å². The van der Waals surface area contributed by atoms with Gasteiger partial charge in [-0.05, 0) is 25.4 Å². The van der Waals surface area contributed by atoms with Crippen molar-refractivity contribution in [3.05, 3.63) is 26.7 Å². The molecule has 0 spiro atoms. The third-order valence-corrected chi connectivity index (χ3v) is 3.60. The fourth-order valence-corrected chi connectivity index (χ4v) is 2.45. The number of aromatic nitrogens is 3. The van der Waals surface area contributed by atoms with Gasteiger partial charge in [0.25, 0.3) is 0 Å². The van der Waals surface area contributed by atoms with E-state index >= 15 is 0 Å². The minimum Gasteiger partial charge on any atom is -0.565 e. The van der Waals surface area contributed by atoms with Crippen LogP contribution in [0, 0.1) is 25.2 Å². The fraction of sp³-hybridized carbons (Fsp3) is 0.200. The third kappa shape index (κ3) is 2.28. The zero-order chi connectivity index (χ0) is 13.1. The Morgan fingerprint density at radius 2 is 2.28 bits per heavy atom. The van der Waals surface area contributed by atoms with Crippen LogP contribution < -0.4 is 0 Å². The standard InChI is InChI=1S/C10H7BN4OS2/c1-5-9(14-15-18-5)10(16-11)7(3-12)8-4-17-6(2)13-8/h4H,1-2H3. The Balaban J connectivity index is 2.61. The van der Waals surface area contributed by atoms with Crippen LogP contribution in [0.15, 0.2) is 5.38 Å². The molecule has 0 amide bonds. The third-order valence-electron chi connectivity index (χ3n) is 2.20. The van der Waals surface area contributed by atoms with Crippen LogP contribution in [0.25, 0.3) is 11.3 Å². The average molecular weight is 274 g/mol. The van der Waals surface area contributed by atoms with Gasteiger partial charge in [0.05, 0.1) is 15.6 Å². The predicted octanol–water partition coefficient (Wildman–Crippen LogP) is 2.10. The van der Waals surface area contributed by atoms with Gasteiger partial charge in [-0.1, -0.05) is 4.49 Å². The van der Waals surface area contributed by atoms with Gasteiger partial charge in [-0.15, -0.1) is 16.4 Å². The van der Waals surface area contributed by atoms with Crippen molar-refractivity contribution in [2.24, 2.45) is 0 Å². The maximum Gasteiger partial charge on any atom is 0.374 e. The minimum atomic E-state index is 0.203. The molecule has 88 valence electrons. The monoisotopic (exact) mass is 274 g/mol. The van der Waals surface area contributed by atoms with E-state index in [1.807, 2.05) is 13.8 Å². The van der Waals surface area contributed by atoms with Crippen LogP contribution in [0.5, 0.6) is 0 Å². The Hall–Kier alpha value is -1.72. The second kappa shape index (κ2) is 5.29. The van der Waals surface area contributed by atoms with Gasteiger partial charge >= 0.3 is 8.05 Å². The van der Waals surface area contributed by atoms with Crippen LogP contribution >= 0.6 is 22.9 Å². The molecule has 0 saturated carbocycles. The van der Waals surface area contributed by atoms with Gasteiger partial charge in [0.15, 0.2) is 0 Å². The van der Waals surface area contributed by atoms with Crippen molar-refractivity contribution in [3.8, 4) is 6.07 Å². The lowest BCUT2D eigenvalue weighted by atomic mass is 10.1. The summed E-state index contributed by atoms with van der Waals surface area (Å²) in [6.45, 7) is 3.70. The Bertz CT molecular complexity index is 640. The van der Waals surface area contributed by atoms with Gasteiger partial charge in [-0.3, -0.25) is 0 Å². The van der Waals surface area contributed by atoms with Crippen LogP contribution in [0.4, 0.5) is 0 Å². The van der Waals surface area contributed by atoms with Crippen LogP contribution in [0.2, 0.25) is 0 Å². The number of nitrogens with zero attached hydrogens (tertiary/aromatic N) is 4. The van der Waals surface area contributed by atoms with Crippen molar-refractivity contribution in [1.82, 2.24) is 14.6 Å². The molecule has 2 aromatic rings. The molecule has 8 heteroatoms. The Labute approximate surface area is 113 Å². The van der Waals surface area contributed by atoms with Crippen molar-refractivity contribution < 1.29 is 4.65 Å². The van der Waals surface area contributed by atoms with E-state index in [2.05, 4.69) is 20.6 Å². The zero-order valence-electron chi connectivity index (χ0n) is 9.67. The van der Waals surface area contributed by atoms with E-state index in [0.29, 0.717) is 11.4 Å². The zero-order valence-corrected chi connectivity index (χ0v) is 11.3. The normalized spacial score (nSPS) is 11.8. The molecule has 0 aliphatic heterocycles. The SMILES string of the molecule is [B]OC(=C(C#N)c1csc(C)n1)c1nnsc1C. The number of nitriles is 1. The minimum absolute atomic E-state index is 0.203. The van der Waals surface area contributed by atoms with Crippen molar-refractivity contribution in [1.29, 1.82) is 5.26 Å². The lowest BCUT2D eigenvalue weighted by Gasteiger charge is -2.06. The molecule has 2 radical (unpaired) electrons. The summed E-state index contributed by atoms with van der Waals surface area (Å²) >= 11 is 2.67. The largest absolute Gasteiger partial charge is 0.565 e. The van der Waals surface area contributed by atoms with Gasteiger partial charge in [0.2, 0.25) is 0 Å². The first-order chi connectivity index (χ1) is 8.67. The molecule has 0 aliphatic rings.